The van der Waals surface area contributed by atoms with Gasteiger partial charge in [-0.2, -0.15) is 0 Å². The van der Waals surface area contributed by atoms with Gasteiger partial charge in [0.15, 0.2) is 0 Å². The number of halogens is 2. The Morgan fingerprint density at radius 1 is 1.31 bits per heavy atom. The first-order valence-corrected chi connectivity index (χ1v) is 8.74. The Balaban J connectivity index is 1.44. The molecule has 1 aliphatic carbocycles. The molecule has 136 valence electrons. The maximum absolute atomic E-state index is 14.1. The highest BCUT2D eigenvalue weighted by Gasteiger charge is 2.56. The molecule has 0 radical (unpaired) electrons. The highest BCUT2D eigenvalue weighted by Crippen LogP contribution is 2.54. The van der Waals surface area contributed by atoms with Crippen molar-refractivity contribution >= 4 is 11.7 Å². The number of hydrogen-bond acceptors (Lipinski definition) is 4. The van der Waals surface area contributed by atoms with Crippen LogP contribution in [0.1, 0.15) is 19.8 Å². The minimum absolute atomic E-state index is 0.127. The van der Waals surface area contributed by atoms with E-state index in [1.165, 1.54) is 18.5 Å². The normalized spacial score (nSPS) is 21.7. The van der Waals surface area contributed by atoms with Crippen LogP contribution in [0.25, 0.3) is 11.3 Å². The molecule has 1 aliphatic heterocycles. The van der Waals surface area contributed by atoms with Gasteiger partial charge in [-0.25, -0.2) is 18.7 Å². The molecule has 0 bridgehead atoms. The van der Waals surface area contributed by atoms with Crippen molar-refractivity contribution in [3.63, 3.8) is 0 Å². The van der Waals surface area contributed by atoms with E-state index in [0.29, 0.717) is 18.1 Å². The number of rotatable bonds is 4. The molecular formula is C19H20F2N4O. The predicted molar refractivity (Wildman–Crippen MR) is 93.7 cm³/mol. The number of carbonyl (C=O) groups is 1. The maximum atomic E-state index is 14.1. The van der Waals surface area contributed by atoms with Crippen molar-refractivity contribution in [2.45, 2.75) is 32.0 Å². The lowest BCUT2D eigenvalue weighted by Crippen LogP contribution is -2.40. The van der Waals surface area contributed by atoms with E-state index >= 15 is 0 Å². The molecule has 2 heterocycles. The first-order valence-electron chi connectivity index (χ1n) is 8.74. The van der Waals surface area contributed by atoms with Crippen LogP contribution in [0.4, 0.5) is 14.6 Å². The third-order valence-electron chi connectivity index (χ3n) is 5.30. The summed E-state index contributed by atoms with van der Waals surface area (Å²) in [6.07, 6.45) is 2.22. The number of alkyl halides is 1. The van der Waals surface area contributed by atoms with Crippen LogP contribution in [0.5, 0.6) is 0 Å². The molecule has 1 aromatic carbocycles. The van der Waals surface area contributed by atoms with Gasteiger partial charge < -0.3 is 10.2 Å². The van der Waals surface area contributed by atoms with Crippen molar-refractivity contribution in [2.75, 3.05) is 18.4 Å². The summed E-state index contributed by atoms with van der Waals surface area (Å²) in [5, 5.41) is 3.06. The minimum atomic E-state index is -0.914. The van der Waals surface area contributed by atoms with Crippen molar-refractivity contribution < 1.29 is 13.6 Å². The Morgan fingerprint density at radius 2 is 2.04 bits per heavy atom. The number of amides is 1. The summed E-state index contributed by atoms with van der Waals surface area (Å²) < 4.78 is 27.1. The molecule has 1 N–H and O–H groups in total. The average molecular weight is 358 g/mol. The standard InChI is InChI=1S/C19H20F2N4O/c1-12(18(26)25-9-16(21)19(10-25)6-7-19)24-17-8-15(22-11-23-17)13-2-4-14(20)5-3-13/h2-5,8,11-12,16H,6-7,9-10H2,1H3,(H,22,23,24)/t12-,16+/m1/s1. The molecule has 0 unspecified atom stereocenters. The molecule has 26 heavy (non-hydrogen) atoms. The molecule has 2 aromatic rings. The van der Waals surface area contributed by atoms with Crippen molar-refractivity contribution in [1.82, 2.24) is 14.9 Å². The summed E-state index contributed by atoms with van der Waals surface area (Å²) in [6, 6.07) is 7.19. The monoisotopic (exact) mass is 358 g/mol. The quantitative estimate of drug-likeness (QED) is 0.913. The molecule has 2 fully saturated rings. The topological polar surface area (TPSA) is 58.1 Å². The van der Waals surface area contributed by atoms with Gasteiger partial charge in [-0.05, 0) is 44.0 Å². The van der Waals surface area contributed by atoms with Crippen molar-refractivity contribution in [3.8, 4) is 11.3 Å². The Bertz CT molecular complexity index is 823. The lowest BCUT2D eigenvalue weighted by Gasteiger charge is -2.22. The summed E-state index contributed by atoms with van der Waals surface area (Å²) >= 11 is 0. The summed E-state index contributed by atoms with van der Waals surface area (Å²) in [5.74, 6) is 0.0567. The van der Waals surface area contributed by atoms with Crippen LogP contribution in [-0.4, -0.2) is 46.1 Å². The van der Waals surface area contributed by atoms with E-state index in [1.54, 1.807) is 30.0 Å². The Hall–Kier alpha value is -2.57. The molecule has 7 heteroatoms. The van der Waals surface area contributed by atoms with E-state index in [2.05, 4.69) is 15.3 Å². The molecule has 1 amide bonds. The molecule has 1 saturated carbocycles. The van der Waals surface area contributed by atoms with Gasteiger partial charge in [-0.1, -0.05) is 0 Å². The number of hydrogen-bond donors (Lipinski definition) is 1. The fraction of sp³-hybridized carbons (Fsp3) is 0.421. The largest absolute Gasteiger partial charge is 0.359 e. The van der Waals surface area contributed by atoms with Gasteiger partial charge in [-0.3, -0.25) is 4.79 Å². The second-order valence-electron chi connectivity index (χ2n) is 7.21. The molecule has 4 rings (SSSR count). The summed E-state index contributed by atoms with van der Waals surface area (Å²) in [5.41, 5.74) is 1.11. The van der Waals surface area contributed by atoms with Gasteiger partial charge in [0.05, 0.1) is 12.2 Å². The van der Waals surface area contributed by atoms with E-state index in [0.717, 1.165) is 18.4 Å². The second kappa shape index (κ2) is 6.30. The highest BCUT2D eigenvalue weighted by molar-refractivity contribution is 5.84. The van der Waals surface area contributed by atoms with Crippen LogP contribution in [0.2, 0.25) is 0 Å². The smallest absolute Gasteiger partial charge is 0.244 e. The number of carbonyl (C=O) groups excluding carboxylic acids is 1. The fourth-order valence-corrected chi connectivity index (χ4v) is 3.50. The summed E-state index contributed by atoms with van der Waals surface area (Å²) in [7, 11) is 0. The van der Waals surface area contributed by atoms with Gasteiger partial charge in [0.25, 0.3) is 0 Å². The van der Waals surface area contributed by atoms with Crippen molar-refractivity contribution in [1.29, 1.82) is 0 Å². The Kier molecular flexibility index (Phi) is 4.09. The number of aromatic nitrogens is 2. The minimum Gasteiger partial charge on any atom is -0.359 e. The van der Waals surface area contributed by atoms with Crippen molar-refractivity contribution in [2.24, 2.45) is 5.41 Å². The third-order valence-corrected chi connectivity index (χ3v) is 5.30. The first-order chi connectivity index (χ1) is 12.5. The molecule has 1 spiro atoms. The highest BCUT2D eigenvalue weighted by atomic mass is 19.1. The van der Waals surface area contributed by atoms with Gasteiger partial charge in [0.2, 0.25) is 5.91 Å². The van der Waals surface area contributed by atoms with E-state index < -0.39 is 12.2 Å². The summed E-state index contributed by atoms with van der Waals surface area (Å²) in [6.45, 7) is 2.42. The van der Waals surface area contributed by atoms with Gasteiger partial charge in [-0.15, -0.1) is 0 Å². The predicted octanol–water partition coefficient (Wildman–Crippen LogP) is 3.04. The van der Waals surface area contributed by atoms with Crippen LogP contribution in [0.15, 0.2) is 36.7 Å². The SMILES string of the molecule is C[C@@H](Nc1cc(-c2ccc(F)cc2)ncn1)C(=O)N1C[C@H](F)C2(CC2)C1. The zero-order valence-corrected chi connectivity index (χ0v) is 14.5. The van der Waals surface area contributed by atoms with Crippen molar-refractivity contribution in [3.05, 3.63) is 42.5 Å². The van der Waals surface area contributed by atoms with Gasteiger partial charge in [0, 0.05) is 23.6 Å². The molecule has 2 aliphatic rings. The number of nitrogens with one attached hydrogen (secondary N) is 1. The van der Waals surface area contributed by atoms with E-state index in [-0.39, 0.29) is 23.7 Å². The number of likely N-dealkylation sites (tertiary alicyclic amines) is 1. The molecule has 2 atom stereocenters. The Labute approximate surface area is 150 Å². The van der Waals surface area contributed by atoms with Crippen LogP contribution in [-0.2, 0) is 4.79 Å². The second-order valence-corrected chi connectivity index (χ2v) is 7.21. The lowest BCUT2D eigenvalue weighted by atomic mass is 10.1. The lowest BCUT2D eigenvalue weighted by molar-refractivity contribution is -0.130. The zero-order chi connectivity index (χ0) is 18.3. The molecule has 1 saturated heterocycles. The third kappa shape index (κ3) is 3.13. The number of benzene rings is 1. The number of nitrogens with zero attached hydrogens (tertiary/aromatic N) is 3. The van der Waals surface area contributed by atoms with Crippen LogP contribution in [0.3, 0.4) is 0 Å². The van der Waals surface area contributed by atoms with Gasteiger partial charge in [0.1, 0.15) is 30.2 Å². The van der Waals surface area contributed by atoms with E-state index in [4.69, 9.17) is 0 Å². The van der Waals surface area contributed by atoms with Crippen LogP contribution in [0, 0.1) is 11.2 Å². The average Bonchev–Trinajstić information content (AvgIpc) is 3.34. The summed E-state index contributed by atoms with van der Waals surface area (Å²) in [4.78, 5) is 22.6. The fourth-order valence-electron chi connectivity index (χ4n) is 3.50. The van der Waals surface area contributed by atoms with Gasteiger partial charge >= 0.3 is 0 Å². The van der Waals surface area contributed by atoms with Crippen LogP contribution < -0.4 is 5.32 Å². The molecule has 1 aromatic heterocycles. The molecular weight excluding hydrogens is 338 g/mol. The van der Waals surface area contributed by atoms with Crippen LogP contribution >= 0.6 is 0 Å². The van der Waals surface area contributed by atoms with E-state index in [1.807, 2.05) is 0 Å². The maximum Gasteiger partial charge on any atom is 0.244 e. The zero-order valence-electron chi connectivity index (χ0n) is 14.5. The Morgan fingerprint density at radius 3 is 2.69 bits per heavy atom. The number of anilines is 1. The van der Waals surface area contributed by atoms with E-state index in [9.17, 15) is 13.6 Å². The first kappa shape index (κ1) is 16.9. The molecule has 5 nitrogen and oxygen atoms in total.